The zero-order chi connectivity index (χ0) is 15.2. The molecule has 1 aliphatic rings. The minimum absolute atomic E-state index is 0.0211. The number of amidine groups is 1. The number of para-hydroxylation sites is 1. The van der Waals surface area contributed by atoms with Crippen molar-refractivity contribution in [2.24, 2.45) is 10.9 Å². The van der Waals surface area contributed by atoms with Crippen molar-refractivity contribution < 1.29 is 19.5 Å². The lowest BCUT2D eigenvalue weighted by Crippen LogP contribution is -2.44. The normalized spacial score (nSPS) is 15.4. The van der Waals surface area contributed by atoms with Gasteiger partial charge in [0, 0.05) is 0 Å². The molecule has 4 N–H and O–H groups in total. The quantitative estimate of drug-likeness (QED) is 0.326. The fraction of sp³-hybridized carbons (Fsp3) is 0.429. The van der Waals surface area contributed by atoms with Gasteiger partial charge < -0.3 is 25.7 Å². The largest absolute Gasteiger partial charge is 0.486 e. The van der Waals surface area contributed by atoms with Crippen molar-refractivity contribution in [3.05, 3.63) is 23.8 Å². The molecule has 1 amide bonds. The van der Waals surface area contributed by atoms with E-state index in [-0.39, 0.29) is 11.7 Å². The summed E-state index contributed by atoms with van der Waals surface area (Å²) in [6, 6.07) is 4.60. The third kappa shape index (κ3) is 3.36. The minimum Gasteiger partial charge on any atom is -0.486 e. The van der Waals surface area contributed by atoms with Gasteiger partial charge in [-0.2, -0.15) is 0 Å². The van der Waals surface area contributed by atoms with Crippen molar-refractivity contribution in [2.75, 3.05) is 13.2 Å². The van der Waals surface area contributed by atoms with Gasteiger partial charge in [0.25, 0.3) is 5.91 Å². The Balaban J connectivity index is 2.20. The first-order chi connectivity index (χ1) is 10.2. The highest BCUT2D eigenvalue weighted by molar-refractivity contribution is 6.00. The summed E-state index contributed by atoms with van der Waals surface area (Å²) in [5.74, 6) is 0.607. The Morgan fingerprint density at radius 3 is 2.95 bits per heavy atom. The monoisotopic (exact) mass is 293 g/mol. The molecular weight excluding hydrogens is 274 g/mol. The first kappa shape index (κ1) is 15.0. The SMILES string of the molecule is CCCC(NC(=O)c1cccc2c1OCCO2)/C(N)=N/O. The number of oxime groups is 1. The third-order valence-corrected chi connectivity index (χ3v) is 3.17. The van der Waals surface area contributed by atoms with Crippen LogP contribution in [0.5, 0.6) is 11.5 Å². The van der Waals surface area contributed by atoms with Gasteiger partial charge in [0.2, 0.25) is 0 Å². The molecule has 0 fully saturated rings. The number of nitrogens with zero attached hydrogens (tertiary/aromatic N) is 1. The van der Waals surface area contributed by atoms with Gasteiger partial charge in [0.1, 0.15) is 13.2 Å². The predicted octanol–water partition coefficient (Wildman–Crippen LogP) is 1.10. The van der Waals surface area contributed by atoms with E-state index in [0.29, 0.717) is 36.7 Å². The summed E-state index contributed by atoms with van der Waals surface area (Å²) in [5.41, 5.74) is 5.97. The first-order valence-corrected chi connectivity index (χ1v) is 6.84. The van der Waals surface area contributed by atoms with Gasteiger partial charge in [-0.05, 0) is 18.6 Å². The van der Waals surface area contributed by atoms with Crippen molar-refractivity contribution in [3.8, 4) is 11.5 Å². The summed E-state index contributed by atoms with van der Waals surface area (Å²) < 4.78 is 10.9. The van der Waals surface area contributed by atoms with E-state index in [4.69, 9.17) is 20.4 Å². The molecule has 21 heavy (non-hydrogen) atoms. The van der Waals surface area contributed by atoms with E-state index in [0.717, 1.165) is 6.42 Å². The number of fused-ring (bicyclic) bond motifs is 1. The van der Waals surface area contributed by atoms with E-state index in [9.17, 15) is 4.79 Å². The zero-order valence-electron chi connectivity index (χ0n) is 11.8. The van der Waals surface area contributed by atoms with E-state index >= 15 is 0 Å². The highest BCUT2D eigenvalue weighted by Crippen LogP contribution is 2.33. The molecule has 1 aromatic rings. The van der Waals surface area contributed by atoms with Gasteiger partial charge in [-0.15, -0.1) is 0 Å². The Bertz CT molecular complexity index is 545. The van der Waals surface area contributed by atoms with Crippen molar-refractivity contribution in [3.63, 3.8) is 0 Å². The second-order valence-corrected chi connectivity index (χ2v) is 4.67. The Morgan fingerprint density at radius 1 is 1.48 bits per heavy atom. The molecule has 7 nitrogen and oxygen atoms in total. The first-order valence-electron chi connectivity index (χ1n) is 6.84. The maximum absolute atomic E-state index is 12.4. The number of carbonyl (C=O) groups excluding carboxylic acids is 1. The van der Waals surface area contributed by atoms with Gasteiger partial charge >= 0.3 is 0 Å². The molecule has 0 spiro atoms. The fourth-order valence-corrected chi connectivity index (χ4v) is 2.14. The smallest absolute Gasteiger partial charge is 0.255 e. The van der Waals surface area contributed by atoms with Gasteiger partial charge in [0.05, 0.1) is 11.6 Å². The lowest BCUT2D eigenvalue weighted by molar-refractivity contribution is 0.0933. The molecule has 114 valence electrons. The average molecular weight is 293 g/mol. The molecular formula is C14H19N3O4. The summed E-state index contributed by atoms with van der Waals surface area (Å²) in [5, 5.41) is 14.5. The van der Waals surface area contributed by atoms with Crippen molar-refractivity contribution in [1.82, 2.24) is 5.32 Å². The lowest BCUT2D eigenvalue weighted by atomic mass is 10.1. The van der Waals surface area contributed by atoms with Crippen molar-refractivity contribution in [2.45, 2.75) is 25.8 Å². The summed E-state index contributed by atoms with van der Waals surface area (Å²) in [6.07, 6.45) is 1.36. The highest BCUT2D eigenvalue weighted by Gasteiger charge is 2.23. The van der Waals surface area contributed by atoms with Crippen LogP contribution >= 0.6 is 0 Å². The van der Waals surface area contributed by atoms with Crippen LogP contribution in [0.3, 0.4) is 0 Å². The van der Waals surface area contributed by atoms with Crippen LogP contribution in [-0.2, 0) is 0 Å². The molecule has 0 bridgehead atoms. The fourth-order valence-electron chi connectivity index (χ4n) is 2.14. The van der Waals surface area contributed by atoms with Crippen molar-refractivity contribution in [1.29, 1.82) is 0 Å². The summed E-state index contributed by atoms with van der Waals surface area (Å²) in [6.45, 7) is 2.81. The summed E-state index contributed by atoms with van der Waals surface area (Å²) in [7, 11) is 0. The van der Waals surface area contributed by atoms with Gasteiger partial charge in [0.15, 0.2) is 17.3 Å². The number of nitrogens with two attached hydrogens (primary N) is 1. The summed E-state index contributed by atoms with van der Waals surface area (Å²) in [4.78, 5) is 12.4. The van der Waals surface area contributed by atoms with E-state index in [1.54, 1.807) is 18.2 Å². The van der Waals surface area contributed by atoms with Gasteiger partial charge in [-0.25, -0.2) is 0 Å². The molecule has 0 aromatic heterocycles. The molecule has 1 unspecified atom stereocenters. The maximum Gasteiger partial charge on any atom is 0.255 e. The van der Waals surface area contributed by atoms with E-state index < -0.39 is 6.04 Å². The van der Waals surface area contributed by atoms with E-state index in [1.807, 2.05) is 6.92 Å². The maximum atomic E-state index is 12.4. The standard InChI is InChI=1S/C14H19N3O4/c1-2-4-10(13(15)17-19)16-14(18)9-5-3-6-11-12(9)21-8-7-20-11/h3,5-6,10,19H,2,4,7-8H2,1H3,(H2,15,17)(H,16,18). The van der Waals surface area contributed by atoms with Crippen LogP contribution in [0, 0.1) is 0 Å². The van der Waals surface area contributed by atoms with E-state index in [2.05, 4.69) is 10.5 Å². The molecule has 7 heteroatoms. The highest BCUT2D eigenvalue weighted by atomic mass is 16.6. The number of carbonyl (C=O) groups is 1. The Hall–Kier alpha value is -2.44. The molecule has 0 saturated heterocycles. The van der Waals surface area contributed by atoms with Crippen LogP contribution in [0.15, 0.2) is 23.4 Å². The second kappa shape index (κ2) is 6.83. The van der Waals surface area contributed by atoms with Gasteiger partial charge in [-0.1, -0.05) is 24.6 Å². The molecule has 2 rings (SSSR count). The summed E-state index contributed by atoms with van der Waals surface area (Å²) >= 11 is 0. The molecule has 0 aliphatic carbocycles. The topological polar surface area (TPSA) is 106 Å². The second-order valence-electron chi connectivity index (χ2n) is 4.67. The van der Waals surface area contributed by atoms with Crippen LogP contribution in [0.4, 0.5) is 0 Å². The van der Waals surface area contributed by atoms with Gasteiger partial charge in [-0.3, -0.25) is 4.79 Å². The van der Waals surface area contributed by atoms with Crippen LogP contribution < -0.4 is 20.5 Å². The number of benzene rings is 1. The predicted molar refractivity (Wildman–Crippen MR) is 77.0 cm³/mol. The number of ether oxygens (including phenoxy) is 2. The molecule has 1 atom stereocenters. The van der Waals surface area contributed by atoms with Crippen molar-refractivity contribution >= 4 is 11.7 Å². The number of rotatable bonds is 5. The minimum atomic E-state index is -0.520. The van der Waals surface area contributed by atoms with Crippen LogP contribution in [0.1, 0.15) is 30.1 Å². The molecule has 1 aromatic carbocycles. The Labute approximate surface area is 122 Å². The molecule has 0 saturated carbocycles. The molecule has 0 radical (unpaired) electrons. The van der Waals surface area contributed by atoms with Crippen LogP contribution in [0.25, 0.3) is 0 Å². The third-order valence-electron chi connectivity index (χ3n) is 3.17. The Kier molecular flexibility index (Phi) is 4.86. The Morgan fingerprint density at radius 2 is 2.24 bits per heavy atom. The van der Waals surface area contributed by atoms with Crippen LogP contribution in [-0.4, -0.2) is 36.2 Å². The molecule has 1 aliphatic heterocycles. The molecule has 1 heterocycles. The van der Waals surface area contributed by atoms with E-state index in [1.165, 1.54) is 0 Å². The number of hydrogen-bond donors (Lipinski definition) is 3. The van der Waals surface area contributed by atoms with Crippen LogP contribution in [0.2, 0.25) is 0 Å². The lowest BCUT2D eigenvalue weighted by Gasteiger charge is -2.22. The average Bonchev–Trinajstić information content (AvgIpc) is 2.53. The zero-order valence-corrected chi connectivity index (χ0v) is 11.8. The number of hydrogen-bond acceptors (Lipinski definition) is 5. The number of amides is 1. The number of nitrogens with one attached hydrogen (secondary N) is 1.